The highest BCUT2D eigenvalue weighted by molar-refractivity contribution is 7.19. The molecular weight excluding hydrogens is 338 g/mol. The number of aromatic nitrogens is 3. The van der Waals surface area contributed by atoms with Crippen LogP contribution < -0.4 is 10.6 Å². The molecule has 0 radical (unpaired) electrons. The number of aryl methyl sites for hydroxylation is 1. The van der Waals surface area contributed by atoms with Gasteiger partial charge in [0.05, 0.1) is 22.7 Å². The molecule has 0 spiro atoms. The van der Waals surface area contributed by atoms with Crippen LogP contribution in [0.3, 0.4) is 0 Å². The molecule has 0 unspecified atom stereocenters. The first-order chi connectivity index (χ1) is 12.0. The van der Waals surface area contributed by atoms with E-state index < -0.39 is 5.97 Å². The molecule has 25 heavy (non-hydrogen) atoms. The molecule has 0 atom stereocenters. The molecule has 0 fully saturated rings. The summed E-state index contributed by atoms with van der Waals surface area (Å²) in [5.74, 6) is -0.416. The summed E-state index contributed by atoms with van der Waals surface area (Å²) in [6, 6.07) is 9.04. The van der Waals surface area contributed by atoms with Gasteiger partial charge in [-0.2, -0.15) is 0 Å². The predicted octanol–water partition coefficient (Wildman–Crippen LogP) is 3.32. The van der Waals surface area contributed by atoms with Crippen LogP contribution in [0, 0.1) is 6.92 Å². The van der Waals surface area contributed by atoms with E-state index in [4.69, 9.17) is 5.11 Å². The van der Waals surface area contributed by atoms with Crippen molar-refractivity contribution in [3.05, 3.63) is 47.8 Å². The van der Waals surface area contributed by atoms with Crippen LogP contribution in [-0.2, 0) is 11.2 Å². The van der Waals surface area contributed by atoms with Crippen molar-refractivity contribution in [1.82, 2.24) is 15.0 Å². The number of nitrogens with zero attached hydrogens (tertiary/aromatic N) is 3. The summed E-state index contributed by atoms with van der Waals surface area (Å²) in [5.41, 5.74) is 3.15. The summed E-state index contributed by atoms with van der Waals surface area (Å²) in [5, 5.41) is 15.9. The molecule has 0 amide bonds. The molecule has 3 aromatic rings. The molecule has 0 aliphatic carbocycles. The van der Waals surface area contributed by atoms with E-state index in [2.05, 4.69) is 25.6 Å². The third-order valence-electron chi connectivity index (χ3n) is 3.44. The van der Waals surface area contributed by atoms with Crippen LogP contribution in [0.2, 0.25) is 0 Å². The van der Waals surface area contributed by atoms with Crippen LogP contribution in [0.1, 0.15) is 11.3 Å². The second-order valence-electron chi connectivity index (χ2n) is 5.34. The number of rotatable bonds is 6. The normalized spacial score (nSPS) is 10.5. The number of anilines is 3. The monoisotopic (exact) mass is 355 g/mol. The van der Waals surface area contributed by atoms with Gasteiger partial charge in [0, 0.05) is 18.9 Å². The standard InChI is InChI=1S/C17H17N5O2S/c1-10-15(25-17(18-2)20-10)13-6-7-19-16(22-13)21-12-5-3-4-11(8-12)9-14(23)24/h3-8H,9H2,1-2H3,(H,18,20)(H,23,24)(H,19,21,22). The largest absolute Gasteiger partial charge is 0.481 e. The molecule has 2 heterocycles. The Hall–Kier alpha value is -3.00. The first kappa shape index (κ1) is 16.8. The lowest BCUT2D eigenvalue weighted by Crippen LogP contribution is -2.02. The topological polar surface area (TPSA) is 100 Å². The molecule has 0 bridgehead atoms. The van der Waals surface area contributed by atoms with Crippen molar-refractivity contribution in [1.29, 1.82) is 0 Å². The van der Waals surface area contributed by atoms with Gasteiger partial charge in [-0.3, -0.25) is 4.79 Å². The van der Waals surface area contributed by atoms with Crippen LogP contribution in [-0.4, -0.2) is 33.1 Å². The van der Waals surface area contributed by atoms with Crippen molar-refractivity contribution in [2.24, 2.45) is 0 Å². The Labute approximate surface area is 148 Å². The molecular formula is C17H17N5O2S. The van der Waals surface area contributed by atoms with Gasteiger partial charge < -0.3 is 15.7 Å². The van der Waals surface area contributed by atoms with Crippen molar-refractivity contribution in [2.45, 2.75) is 13.3 Å². The molecule has 0 aliphatic heterocycles. The number of aliphatic carboxylic acids is 1. The van der Waals surface area contributed by atoms with E-state index in [9.17, 15) is 4.79 Å². The highest BCUT2D eigenvalue weighted by atomic mass is 32.1. The Balaban J connectivity index is 1.84. The molecule has 2 aromatic heterocycles. The second kappa shape index (κ2) is 7.27. The smallest absolute Gasteiger partial charge is 0.307 e. The average Bonchev–Trinajstić information content (AvgIpc) is 2.96. The summed E-state index contributed by atoms with van der Waals surface area (Å²) >= 11 is 1.53. The molecule has 128 valence electrons. The van der Waals surface area contributed by atoms with Gasteiger partial charge in [-0.05, 0) is 30.7 Å². The maximum absolute atomic E-state index is 10.8. The van der Waals surface area contributed by atoms with E-state index in [-0.39, 0.29) is 6.42 Å². The van der Waals surface area contributed by atoms with Crippen molar-refractivity contribution >= 4 is 34.1 Å². The fourth-order valence-electron chi connectivity index (χ4n) is 2.35. The zero-order valence-corrected chi connectivity index (χ0v) is 14.6. The Bertz CT molecular complexity index is 910. The molecule has 0 saturated carbocycles. The third-order valence-corrected chi connectivity index (χ3v) is 4.63. The number of carboxylic acid groups (broad SMARTS) is 1. The number of hydrogen-bond donors (Lipinski definition) is 3. The Morgan fingerprint density at radius 2 is 2.12 bits per heavy atom. The maximum Gasteiger partial charge on any atom is 0.307 e. The lowest BCUT2D eigenvalue weighted by molar-refractivity contribution is -0.136. The Kier molecular flexibility index (Phi) is 4.90. The maximum atomic E-state index is 10.8. The summed E-state index contributed by atoms with van der Waals surface area (Å²) in [6.07, 6.45) is 1.66. The van der Waals surface area contributed by atoms with Crippen molar-refractivity contribution < 1.29 is 9.90 Å². The molecule has 1 aromatic carbocycles. The minimum absolute atomic E-state index is 0.0245. The molecule has 7 nitrogen and oxygen atoms in total. The molecule has 0 aliphatic rings. The van der Waals surface area contributed by atoms with Gasteiger partial charge in [0.15, 0.2) is 5.13 Å². The van der Waals surface area contributed by atoms with Crippen molar-refractivity contribution in [3.63, 3.8) is 0 Å². The number of carbonyl (C=O) groups is 1. The zero-order valence-electron chi connectivity index (χ0n) is 13.8. The van der Waals surface area contributed by atoms with Gasteiger partial charge in [-0.1, -0.05) is 23.5 Å². The van der Waals surface area contributed by atoms with Gasteiger partial charge in [0.25, 0.3) is 0 Å². The molecule has 3 rings (SSSR count). The minimum Gasteiger partial charge on any atom is -0.481 e. The van der Waals surface area contributed by atoms with Gasteiger partial charge in [-0.25, -0.2) is 15.0 Å². The number of benzene rings is 1. The fraction of sp³-hybridized carbons (Fsp3) is 0.176. The SMILES string of the molecule is CNc1nc(C)c(-c2ccnc(Nc3cccc(CC(=O)O)c3)n2)s1. The molecule has 8 heteroatoms. The van der Waals surface area contributed by atoms with Gasteiger partial charge in [0.1, 0.15) is 0 Å². The number of thiazole rings is 1. The number of carboxylic acids is 1. The van der Waals surface area contributed by atoms with Gasteiger partial charge >= 0.3 is 5.97 Å². The highest BCUT2D eigenvalue weighted by Crippen LogP contribution is 2.31. The van der Waals surface area contributed by atoms with E-state index in [0.29, 0.717) is 11.5 Å². The first-order valence-corrected chi connectivity index (χ1v) is 8.43. The van der Waals surface area contributed by atoms with Gasteiger partial charge in [0.2, 0.25) is 5.95 Å². The summed E-state index contributed by atoms with van der Waals surface area (Å²) < 4.78 is 0. The summed E-state index contributed by atoms with van der Waals surface area (Å²) in [7, 11) is 1.83. The quantitative estimate of drug-likeness (QED) is 0.623. The summed E-state index contributed by atoms with van der Waals surface area (Å²) in [6.45, 7) is 1.94. The predicted molar refractivity (Wildman–Crippen MR) is 98.5 cm³/mol. The van der Waals surface area contributed by atoms with Crippen LogP contribution in [0.15, 0.2) is 36.5 Å². The van der Waals surface area contributed by atoms with E-state index in [0.717, 1.165) is 27.1 Å². The van der Waals surface area contributed by atoms with E-state index >= 15 is 0 Å². The minimum atomic E-state index is -0.864. The lowest BCUT2D eigenvalue weighted by atomic mass is 10.1. The number of nitrogens with one attached hydrogen (secondary N) is 2. The second-order valence-corrected chi connectivity index (χ2v) is 6.34. The van der Waals surface area contributed by atoms with E-state index in [1.165, 1.54) is 11.3 Å². The van der Waals surface area contributed by atoms with Crippen molar-refractivity contribution in [2.75, 3.05) is 17.7 Å². The first-order valence-electron chi connectivity index (χ1n) is 7.61. The summed E-state index contributed by atoms with van der Waals surface area (Å²) in [4.78, 5) is 25.0. The molecule has 0 saturated heterocycles. The third kappa shape index (κ3) is 4.10. The van der Waals surface area contributed by atoms with Crippen LogP contribution >= 0.6 is 11.3 Å². The van der Waals surface area contributed by atoms with E-state index in [1.54, 1.807) is 24.4 Å². The lowest BCUT2D eigenvalue weighted by Gasteiger charge is -2.07. The van der Waals surface area contributed by atoms with Gasteiger partial charge in [-0.15, -0.1) is 0 Å². The van der Waals surface area contributed by atoms with E-state index in [1.807, 2.05) is 26.1 Å². The number of hydrogen-bond acceptors (Lipinski definition) is 7. The average molecular weight is 355 g/mol. The molecule has 3 N–H and O–H groups in total. The van der Waals surface area contributed by atoms with Crippen LogP contribution in [0.4, 0.5) is 16.8 Å². The Morgan fingerprint density at radius 3 is 2.84 bits per heavy atom. The Morgan fingerprint density at radius 1 is 1.28 bits per heavy atom. The van der Waals surface area contributed by atoms with Crippen LogP contribution in [0.5, 0.6) is 0 Å². The zero-order chi connectivity index (χ0) is 17.8. The fourth-order valence-corrected chi connectivity index (χ4v) is 3.24. The van der Waals surface area contributed by atoms with Crippen LogP contribution in [0.25, 0.3) is 10.6 Å². The van der Waals surface area contributed by atoms with Crippen molar-refractivity contribution in [3.8, 4) is 10.6 Å². The highest BCUT2D eigenvalue weighted by Gasteiger charge is 2.11.